The van der Waals surface area contributed by atoms with Crippen molar-refractivity contribution in [2.24, 2.45) is 0 Å². The predicted molar refractivity (Wildman–Crippen MR) is 102 cm³/mol. The van der Waals surface area contributed by atoms with Gasteiger partial charge in [0.25, 0.3) is 0 Å². The van der Waals surface area contributed by atoms with Gasteiger partial charge < -0.3 is 4.52 Å². The Morgan fingerprint density at radius 1 is 0.913 bits per heavy atom. The Balaban J connectivity index is 3.33. The molecular weight excluding hydrogens is 303 g/mol. The van der Waals surface area contributed by atoms with Crippen LogP contribution in [0.15, 0.2) is 18.2 Å². The molecule has 0 unspecified atom stereocenters. The van der Waals surface area contributed by atoms with E-state index in [2.05, 4.69) is 67.5 Å². The van der Waals surface area contributed by atoms with Crippen LogP contribution in [0.2, 0.25) is 0 Å². The van der Waals surface area contributed by atoms with Crippen LogP contribution in [-0.4, -0.2) is 12.3 Å². The Bertz CT molecular complexity index is 552. The average molecular weight is 338 g/mol. The van der Waals surface area contributed by atoms with E-state index in [1.165, 1.54) is 5.56 Å². The van der Waals surface area contributed by atoms with E-state index >= 15 is 0 Å². The predicted octanol–water partition coefficient (Wildman–Crippen LogP) is 6.76. The Kier molecular flexibility index (Phi) is 6.55. The van der Waals surface area contributed by atoms with Crippen molar-refractivity contribution in [1.29, 1.82) is 0 Å². The van der Waals surface area contributed by atoms with Crippen LogP contribution >= 0.6 is 7.37 Å². The molecule has 0 N–H and O–H groups in total. The van der Waals surface area contributed by atoms with Crippen molar-refractivity contribution in [3.8, 4) is 5.75 Å². The van der Waals surface area contributed by atoms with E-state index in [4.69, 9.17) is 4.52 Å². The lowest BCUT2D eigenvalue weighted by Crippen LogP contribution is -2.17. The summed E-state index contributed by atoms with van der Waals surface area (Å²) >= 11 is 0. The fourth-order valence-corrected chi connectivity index (χ4v) is 5.01. The van der Waals surface area contributed by atoms with E-state index in [0.29, 0.717) is 12.3 Å². The van der Waals surface area contributed by atoms with E-state index in [1.54, 1.807) is 0 Å². The molecule has 0 aromatic heterocycles. The van der Waals surface area contributed by atoms with Gasteiger partial charge in [0.05, 0.1) is 0 Å². The average Bonchev–Trinajstić information content (AvgIpc) is 2.36. The second kappa shape index (κ2) is 7.43. The summed E-state index contributed by atoms with van der Waals surface area (Å²) in [4.78, 5) is 0. The smallest absolute Gasteiger partial charge is 0.247 e. The summed E-state index contributed by atoms with van der Waals surface area (Å²) in [5, 5.41) is 0. The van der Waals surface area contributed by atoms with Crippen molar-refractivity contribution in [2.75, 3.05) is 12.3 Å². The highest BCUT2D eigenvalue weighted by Crippen LogP contribution is 2.50. The maximum absolute atomic E-state index is 13.1. The third-order valence-corrected chi connectivity index (χ3v) is 6.83. The van der Waals surface area contributed by atoms with Crippen LogP contribution < -0.4 is 4.52 Å². The normalized spacial score (nSPS) is 13.2. The molecule has 0 aliphatic carbocycles. The van der Waals surface area contributed by atoms with E-state index in [9.17, 15) is 4.57 Å². The Labute approximate surface area is 143 Å². The van der Waals surface area contributed by atoms with E-state index in [-0.39, 0.29) is 10.8 Å². The summed E-state index contributed by atoms with van der Waals surface area (Å²) in [5.41, 5.74) is 2.49. The van der Waals surface area contributed by atoms with Crippen LogP contribution in [0.25, 0.3) is 0 Å². The summed E-state index contributed by atoms with van der Waals surface area (Å²) < 4.78 is 19.3. The van der Waals surface area contributed by atoms with Crippen LogP contribution in [-0.2, 0) is 15.4 Å². The monoisotopic (exact) mass is 338 g/mol. The number of rotatable bonds is 6. The number of hydrogen-bond acceptors (Lipinski definition) is 2. The topological polar surface area (TPSA) is 26.3 Å². The Morgan fingerprint density at radius 2 is 1.43 bits per heavy atom. The second-order valence-corrected chi connectivity index (χ2v) is 11.3. The molecule has 1 rings (SSSR count). The molecule has 1 aromatic rings. The highest BCUT2D eigenvalue weighted by molar-refractivity contribution is 7.59. The van der Waals surface area contributed by atoms with Gasteiger partial charge >= 0.3 is 0 Å². The van der Waals surface area contributed by atoms with Gasteiger partial charge in [-0.25, -0.2) is 0 Å². The Morgan fingerprint density at radius 3 is 1.83 bits per heavy atom. The molecule has 3 heteroatoms. The first-order valence-corrected chi connectivity index (χ1v) is 10.8. The first-order chi connectivity index (χ1) is 10.4. The summed E-state index contributed by atoms with van der Waals surface area (Å²) in [6, 6.07) is 6.38. The molecule has 0 heterocycles. The molecule has 1 aromatic carbocycles. The molecule has 2 nitrogen and oxygen atoms in total. The molecule has 0 amide bonds. The van der Waals surface area contributed by atoms with Gasteiger partial charge in [-0.15, -0.1) is 0 Å². The van der Waals surface area contributed by atoms with Crippen molar-refractivity contribution >= 4 is 7.37 Å². The number of hydrogen-bond donors (Lipinski definition) is 0. The minimum absolute atomic E-state index is 0.0418. The maximum atomic E-state index is 13.1. The van der Waals surface area contributed by atoms with Gasteiger partial charge in [0.1, 0.15) is 5.75 Å². The van der Waals surface area contributed by atoms with Crippen LogP contribution in [0.4, 0.5) is 0 Å². The van der Waals surface area contributed by atoms with Crippen molar-refractivity contribution in [3.63, 3.8) is 0 Å². The summed E-state index contributed by atoms with van der Waals surface area (Å²) in [6.07, 6.45) is 3.10. The molecule has 0 fully saturated rings. The van der Waals surface area contributed by atoms with Crippen LogP contribution in [0.5, 0.6) is 5.75 Å². The minimum Gasteiger partial charge on any atom is -0.442 e. The summed E-state index contributed by atoms with van der Waals surface area (Å²) in [6.45, 7) is 17.3. The zero-order valence-corrected chi connectivity index (χ0v) is 17.2. The van der Waals surface area contributed by atoms with Gasteiger partial charge in [-0.3, -0.25) is 4.57 Å². The standard InChI is InChI=1S/C20H35O2P/c1-9-13-23(21,14-10-2)22-18-12-11-16(19(3,4)5)15-17(18)20(6,7)8/h11-12,15H,9-10,13-14H2,1-8H3. The highest BCUT2D eigenvalue weighted by Gasteiger charge is 2.28. The van der Waals surface area contributed by atoms with E-state index in [1.807, 2.05) is 6.07 Å². The zero-order valence-electron chi connectivity index (χ0n) is 16.3. The van der Waals surface area contributed by atoms with Gasteiger partial charge in [0.15, 0.2) is 0 Å². The fraction of sp³-hybridized carbons (Fsp3) is 0.700. The molecule has 23 heavy (non-hydrogen) atoms. The van der Waals surface area contributed by atoms with Crippen LogP contribution in [0.1, 0.15) is 79.4 Å². The fourth-order valence-electron chi connectivity index (χ4n) is 2.73. The summed E-state index contributed by atoms with van der Waals surface area (Å²) in [7, 11) is -2.59. The van der Waals surface area contributed by atoms with Gasteiger partial charge in [-0.05, 0) is 35.3 Å². The highest BCUT2D eigenvalue weighted by atomic mass is 31.2. The largest absolute Gasteiger partial charge is 0.442 e. The first kappa shape index (κ1) is 20.3. The molecule has 0 bridgehead atoms. The molecule has 132 valence electrons. The van der Waals surface area contributed by atoms with Crippen LogP contribution in [0, 0.1) is 0 Å². The van der Waals surface area contributed by atoms with Crippen molar-refractivity contribution in [1.82, 2.24) is 0 Å². The summed E-state index contributed by atoms with van der Waals surface area (Å²) in [5.74, 6) is 0.802. The third-order valence-electron chi connectivity index (χ3n) is 4.05. The van der Waals surface area contributed by atoms with Crippen molar-refractivity contribution in [3.05, 3.63) is 29.3 Å². The molecular formula is C20H35O2P. The lowest BCUT2D eigenvalue weighted by molar-refractivity contribution is 0.463. The first-order valence-electron chi connectivity index (χ1n) is 8.85. The molecule has 0 saturated carbocycles. The maximum Gasteiger partial charge on any atom is 0.247 e. The van der Waals surface area contributed by atoms with Crippen molar-refractivity contribution in [2.45, 2.75) is 79.1 Å². The van der Waals surface area contributed by atoms with Gasteiger partial charge in [0, 0.05) is 17.9 Å². The van der Waals surface area contributed by atoms with Crippen molar-refractivity contribution < 1.29 is 9.09 Å². The van der Waals surface area contributed by atoms with E-state index < -0.39 is 7.37 Å². The second-order valence-electron chi connectivity index (χ2n) is 8.56. The molecule has 0 radical (unpaired) electrons. The molecule has 0 aliphatic rings. The third kappa shape index (κ3) is 5.68. The van der Waals surface area contributed by atoms with Gasteiger partial charge in [-0.1, -0.05) is 67.5 Å². The molecule has 0 atom stereocenters. The van der Waals surface area contributed by atoms with E-state index in [0.717, 1.165) is 24.2 Å². The zero-order chi connectivity index (χ0) is 17.9. The quantitative estimate of drug-likeness (QED) is 0.536. The van der Waals surface area contributed by atoms with Gasteiger partial charge in [0.2, 0.25) is 7.37 Å². The van der Waals surface area contributed by atoms with Crippen LogP contribution in [0.3, 0.4) is 0 Å². The molecule has 0 aliphatic heterocycles. The lowest BCUT2D eigenvalue weighted by Gasteiger charge is -2.29. The lowest BCUT2D eigenvalue weighted by atomic mass is 9.80. The Hall–Kier alpha value is -0.750. The SMILES string of the molecule is CCCP(=O)(CCC)Oc1ccc(C(C)(C)C)cc1C(C)(C)C. The minimum atomic E-state index is -2.59. The number of benzene rings is 1. The van der Waals surface area contributed by atoms with Gasteiger partial charge in [-0.2, -0.15) is 0 Å². The molecule has 0 spiro atoms. The molecule has 0 saturated heterocycles.